The highest BCUT2D eigenvalue weighted by atomic mass is 32.2. The van der Waals surface area contributed by atoms with E-state index in [-0.39, 0.29) is 5.91 Å². The smallest absolute Gasteiger partial charge is 0.274 e. The van der Waals surface area contributed by atoms with Gasteiger partial charge in [0.2, 0.25) is 5.91 Å². The van der Waals surface area contributed by atoms with Gasteiger partial charge in [0.25, 0.3) is 10.1 Å². The lowest BCUT2D eigenvalue weighted by molar-refractivity contribution is -0.116. The van der Waals surface area contributed by atoms with Crippen molar-refractivity contribution < 1.29 is 22.5 Å². The van der Waals surface area contributed by atoms with E-state index in [1.807, 2.05) is 42.5 Å². The fourth-order valence-electron chi connectivity index (χ4n) is 5.10. The standard InChI is InChI=1S/C34H51NO5S/c1-34(2,41(37,38)39)31-24-20-25-32(40-3)30(31)23-18-13-11-9-7-5-4-6-8-10-12-14-19-28-35-33(36)27-26-29-21-16-15-17-22-29/h15-17,20-22,24-27H,4-14,18-19,23,28H2,1-3H3,(H,35,36)(H,37,38,39). The molecule has 7 heteroatoms. The van der Waals surface area contributed by atoms with Crippen molar-refractivity contribution in [2.75, 3.05) is 13.7 Å². The fraction of sp³-hybridized carbons (Fsp3) is 0.559. The number of hydrogen-bond donors (Lipinski definition) is 2. The minimum absolute atomic E-state index is 0.0286. The van der Waals surface area contributed by atoms with Crippen LogP contribution in [0.15, 0.2) is 54.6 Å². The normalized spacial score (nSPS) is 12.1. The Balaban J connectivity index is 1.46. The predicted molar refractivity (Wildman–Crippen MR) is 170 cm³/mol. The zero-order valence-electron chi connectivity index (χ0n) is 25.4. The Morgan fingerprint density at radius 3 is 1.88 bits per heavy atom. The lowest BCUT2D eigenvalue weighted by atomic mass is 9.92. The van der Waals surface area contributed by atoms with Crippen molar-refractivity contribution in [1.29, 1.82) is 0 Å². The maximum Gasteiger partial charge on any atom is 0.274 e. The van der Waals surface area contributed by atoms with Crippen molar-refractivity contribution in [3.05, 3.63) is 71.3 Å². The fourth-order valence-corrected chi connectivity index (χ4v) is 5.56. The Bertz CT molecular complexity index is 1160. The SMILES string of the molecule is COc1cccc(C(C)(C)S(=O)(=O)O)c1CCCCCCCCCCCCCCCNC(=O)C=Cc1ccccc1. The third kappa shape index (κ3) is 12.8. The maximum absolute atomic E-state index is 12.0. The molecule has 41 heavy (non-hydrogen) atoms. The van der Waals surface area contributed by atoms with Gasteiger partial charge in [-0.05, 0) is 61.9 Å². The minimum atomic E-state index is -4.25. The van der Waals surface area contributed by atoms with Crippen LogP contribution in [-0.2, 0) is 26.1 Å². The molecule has 0 aliphatic rings. The molecule has 2 rings (SSSR count). The lowest BCUT2D eigenvalue weighted by Gasteiger charge is -2.26. The molecule has 0 atom stereocenters. The molecule has 0 aliphatic carbocycles. The molecular formula is C34H51NO5S. The minimum Gasteiger partial charge on any atom is -0.496 e. The van der Waals surface area contributed by atoms with Crippen LogP contribution in [0.2, 0.25) is 0 Å². The van der Waals surface area contributed by atoms with Gasteiger partial charge in [-0.15, -0.1) is 0 Å². The van der Waals surface area contributed by atoms with Crippen molar-refractivity contribution in [3.63, 3.8) is 0 Å². The van der Waals surface area contributed by atoms with Gasteiger partial charge in [-0.2, -0.15) is 8.42 Å². The molecule has 0 unspecified atom stereocenters. The first-order valence-electron chi connectivity index (χ1n) is 15.3. The second-order valence-electron chi connectivity index (χ2n) is 11.4. The van der Waals surface area contributed by atoms with Crippen molar-refractivity contribution in [2.24, 2.45) is 0 Å². The van der Waals surface area contributed by atoms with E-state index < -0.39 is 14.9 Å². The van der Waals surface area contributed by atoms with Gasteiger partial charge in [0, 0.05) is 12.6 Å². The first-order valence-corrected chi connectivity index (χ1v) is 16.7. The van der Waals surface area contributed by atoms with E-state index in [1.54, 1.807) is 25.3 Å². The number of ether oxygens (including phenoxy) is 1. The van der Waals surface area contributed by atoms with E-state index in [0.29, 0.717) is 11.3 Å². The summed E-state index contributed by atoms with van der Waals surface area (Å²) >= 11 is 0. The highest BCUT2D eigenvalue weighted by Gasteiger charge is 2.37. The van der Waals surface area contributed by atoms with Crippen LogP contribution in [0.25, 0.3) is 6.08 Å². The zero-order valence-corrected chi connectivity index (χ0v) is 26.2. The van der Waals surface area contributed by atoms with E-state index in [9.17, 15) is 17.8 Å². The topological polar surface area (TPSA) is 92.7 Å². The Morgan fingerprint density at radius 1 is 0.805 bits per heavy atom. The summed E-state index contributed by atoms with van der Waals surface area (Å²) < 4.78 is 37.9. The molecule has 0 fully saturated rings. The number of carbonyl (C=O) groups excluding carboxylic acids is 1. The molecule has 2 aromatic carbocycles. The highest BCUT2D eigenvalue weighted by molar-refractivity contribution is 7.86. The molecule has 0 saturated carbocycles. The van der Waals surface area contributed by atoms with Gasteiger partial charge in [0.1, 0.15) is 10.5 Å². The van der Waals surface area contributed by atoms with Gasteiger partial charge in [-0.3, -0.25) is 9.35 Å². The van der Waals surface area contributed by atoms with Crippen LogP contribution in [0, 0.1) is 0 Å². The first kappa shape index (κ1) is 34.6. The Kier molecular flexibility index (Phi) is 15.8. The van der Waals surface area contributed by atoms with Gasteiger partial charge in [0.15, 0.2) is 0 Å². The summed E-state index contributed by atoms with van der Waals surface area (Å²) in [6, 6.07) is 15.2. The molecule has 0 spiro atoms. The van der Waals surface area contributed by atoms with Crippen LogP contribution >= 0.6 is 0 Å². The molecule has 228 valence electrons. The largest absolute Gasteiger partial charge is 0.496 e. The summed E-state index contributed by atoms with van der Waals surface area (Å²) in [6.45, 7) is 3.81. The number of methoxy groups -OCH3 is 1. The molecular weight excluding hydrogens is 534 g/mol. The number of amides is 1. The molecule has 0 bridgehead atoms. The Morgan fingerprint density at radius 2 is 1.34 bits per heavy atom. The molecule has 0 saturated heterocycles. The van der Waals surface area contributed by atoms with Crippen LogP contribution in [0.1, 0.15) is 114 Å². The summed E-state index contributed by atoms with van der Waals surface area (Å²) in [5, 5.41) is 2.96. The van der Waals surface area contributed by atoms with Gasteiger partial charge < -0.3 is 10.1 Å². The summed E-state index contributed by atoms with van der Waals surface area (Å²) in [4.78, 5) is 11.9. The molecule has 2 aromatic rings. The quantitative estimate of drug-likeness (QED) is 0.0874. The van der Waals surface area contributed by atoms with Gasteiger partial charge in [-0.1, -0.05) is 113 Å². The van der Waals surface area contributed by atoms with Crippen molar-refractivity contribution in [2.45, 2.75) is 108 Å². The van der Waals surface area contributed by atoms with Crippen LogP contribution in [-0.4, -0.2) is 32.5 Å². The van der Waals surface area contributed by atoms with E-state index in [1.165, 1.54) is 71.6 Å². The average molecular weight is 586 g/mol. The van der Waals surface area contributed by atoms with Crippen molar-refractivity contribution in [3.8, 4) is 5.75 Å². The second-order valence-corrected chi connectivity index (χ2v) is 13.3. The summed E-state index contributed by atoms with van der Waals surface area (Å²) in [5.74, 6) is 0.650. The average Bonchev–Trinajstić information content (AvgIpc) is 2.95. The predicted octanol–water partition coefficient (Wildman–Crippen LogP) is 8.26. The summed E-state index contributed by atoms with van der Waals surface area (Å²) in [5.41, 5.74) is 2.51. The first-order chi connectivity index (χ1) is 19.7. The number of unbranched alkanes of at least 4 members (excludes halogenated alkanes) is 12. The van der Waals surface area contributed by atoms with E-state index in [2.05, 4.69) is 5.32 Å². The maximum atomic E-state index is 12.0. The van der Waals surface area contributed by atoms with Crippen molar-refractivity contribution >= 4 is 22.1 Å². The molecule has 1 amide bonds. The van der Waals surface area contributed by atoms with E-state index >= 15 is 0 Å². The molecule has 0 aliphatic heterocycles. The molecule has 6 nitrogen and oxygen atoms in total. The molecule has 2 N–H and O–H groups in total. The molecule has 0 heterocycles. The number of carbonyl (C=O) groups is 1. The van der Waals surface area contributed by atoms with Crippen LogP contribution in [0.4, 0.5) is 0 Å². The number of nitrogens with one attached hydrogen (secondary N) is 1. The summed E-state index contributed by atoms with van der Waals surface area (Å²) in [6.07, 6.45) is 19.7. The van der Waals surface area contributed by atoms with E-state index in [4.69, 9.17) is 4.74 Å². The van der Waals surface area contributed by atoms with Gasteiger partial charge >= 0.3 is 0 Å². The molecule has 0 aromatic heterocycles. The second kappa shape index (κ2) is 18.7. The van der Waals surface area contributed by atoms with Crippen LogP contribution < -0.4 is 10.1 Å². The highest BCUT2D eigenvalue weighted by Crippen LogP contribution is 2.36. The number of hydrogen-bond acceptors (Lipinski definition) is 4. The molecule has 0 radical (unpaired) electrons. The van der Waals surface area contributed by atoms with Gasteiger partial charge in [0.05, 0.1) is 7.11 Å². The lowest BCUT2D eigenvalue weighted by Crippen LogP contribution is -2.30. The van der Waals surface area contributed by atoms with E-state index in [0.717, 1.165) is 49.8 Å². The Hall–Kier alpha value is -2.64. The summed E-state index contributed by atoms with van der Waals surface area (Å²) in [7, 11) is -2.65. The van der Waals surface area contributed by atoms with Crippen LogP contribution in [0.3, 0.4) is 0 Å². The third-order valence-corrected chi connectivity index (χ3v) is 9.29. The monoisotopic (exact) mass is 585 g/mol. The number of benzene rings is 2. The van der Waals surface area contributed by atoms with Crippen LogP contribution in [0.5, 0.6) is 5.75 Å². The van der Waals surface area contributed by atoms with Gasteiger partial charge in [-0.25, -0.2) is 0 Å². The third-order valence-electron chi connectivity index (χ3n) is 7.78. The zero-order chi connectivity index (χ0) is 30.0. The number of rotatable bonds is 21. The van der Waals surface area contributed by atoms with Crippen molar-refractivity contribution in [1.82, 2.24) is 5.32 Å². The Labute approximate surface area is 248 Å².